The maximum absolute atomic E-state index is 12.8. The molecule has 0 aliphatic carbocycles. The van der Waals surface area contributed by atoms with Crippen molar-refractivity contribution in [2.75, 3.05) is 11.1 Å². The van der Waals surface area contributed by atoms with Crippen LogP contribution in [0.15, 0.2) is 32.9 Å². The number of benzene rings is 1. The Hall–Kier alpha value is -1.12. The van der Waals surface area contributed by atoms with Crippen LogP contribution < -0.4 is 5.32 Å². The molecule has 22 heavy (non-hydrogen) atoms. The Balaban J connectivity index is 1.87. The maximum atomic E-state index is 12.8. The predicted molar refractivity (Wildman–Crippen MR) is 91.3 cm³/mol. The quantitative estimate of drug-likeness (QED) is 0.749. The van der Waals surface area contributed by atoms with Crippen molar-refractivity contribution in [2.45, 2.75) is 34.2 Å². The summed E-state index contributed by atoms with van der Waals surface area (Å²) >= 11 is 4.55. The van der Waals surface area contributed by atoms with Gasteiger partial charge >= 0.3 is 0 Å². The number of carbonyl (C=O) groups excluding carboxylic acids is 1. The van der Waals surface area contributed by atoms with Crippen molar-refractivity contribution in [3.8, 4) is 0 Å². The van der Waals surface area contributed by atoms with Gasteiger partial charge in [-0.05, 0) is 37.6 Å². The van der Waals surface area contributed by atoms with Crippen molar-refractivity contribution < 1.29 is 9.18 Å². The lowest BCUT2D eigenvalue weighted by Gasteiger charge is -2.10. The maximum Gasteiger partial charge on any atom is 0.237 e. The van der Waals surface area contributed by atoms with Crippen LogP contribution in [0.3, 0.4) is 0 Å². The normalized spacial score (nSPS) is 12.1. The van der Waals surface area contributed by atoms with Crippen LogP contribution in [0.2, 0.25) is 0 Å². The van der Waals surface area contributed by atoms with Gasteiger partial charge in [0.1, 0.15) is 5.82 Å². The number of carbonyl (C=O) groups is 1. The molecule has 0 saturated heterocycles. The number of hydrogen-bond donors (Lipinski definition) is 1. The fraction of sp³-hybridized carbons (Fsp3) is 0.357. The molecule has 0 fully saturated rings. The predicted octanol–water partition coefficient (Wildman–Crippen LogP) is 4.30. The second-order valence-corrected chi connectivity index (χ2v) is 8.35. The largest absolute Gasteiger partial charge is 0.325 e. The molecule has 0 bridgehead atoms. The minimum atomic E-state index is -0.327. The summed E-state index contributed by atoms with van der Waals surface area (Å²) in [5.74, 6) is 0.542. The van der Waals surface area contributed by atoms with Crippen molar-refractivity contribution >= 4 is 46.5 Å². The van der Waals surface area contributed by atoms with Gasteiger partial charge in [-0.3, -0.25) is 4.79 Å². The van der Waals surface area contributed by atoms with Gasteiger partial charge in [-0.15, -0.1) is 10.2 Å². The number of aromatic nitrogens is 2. The summed E-state index contributed by atoms with van der Waals surface area (Å²) in [6, 6.07) is 5.70. The van der Waals surface area contributed by atoms with Crippen molar-refractivity contribution in [3.63, 3.8) is 0 Å². The van der Waals surface area contributed by atoms with Crippen LogP contribution in [0, 0.1) is 5.82 Å². The second kappa shape index (κ2) is 8.50. The van der Waals surface area contributed by atoms with Crippen molar-refractivity contribution in [1.82, 2.24) is 10.2 Å². The van der Waals surface area contributed by atoms with E-state index >= 15 is 0 Å². The van der Waals surface area contributed by atoms with E-state index in [-0.39, 0.29) is 17.0 Å². The molecule has 1 heterocycles. The Bertz CT molecular complexity index is 618. The summed E-state index contributed by atoms with van der Waals surface area (Å²) < 4.78 is 14.5. The molecule has 1 atom stereocenters. The lowest BCUT2D eigenvalue weighted by molar-refractivity contribution is -0.115. The first-order valence-corrected chi connectivity index (χ1v) is 9.46. The van der Waals surface area contributed by atoms with E-state index < -0.39 is 0 Å². The van der Waals surface area contributed by atoms with Crippen molar-refractivity contribution in [1.29, 1.82) is 0 Å². The highest BCUT2D eigenvalue weighted by Crippen LogP contribution is 2.31. The lowest BCUT2D eigenvalue weighted by Crippen LogP contribution is -2.22. The Morgan fingerprint density at radius 3 is 2.68 bits per heavy atom. The number of nitrogens with one attached hydrogen (secondary N) is 1. The number of nitrogens with zero attached hydrogens (tertiary/aromatic N) is 2. The van der Waals surface area contributed by atoms with Crippen LogP contribution in [0.5, 0.6) is 0 Å². The minimum absolute atomic E-state index is 0.144. The number of hydrogen-bond acceptors (Lipinski definition) is 6. The number of amides is 1. The first-order valence-electron chi connectivity index (χ1n) is 6.78. The monoisotopic (exact) mass is 357 g/mol. The molecule has 0 unspecified atom stereocenters. The standard InChI is InChI=1S/C14H16FN3OS3/c1-3-8-20-13-17-18-14(22-13)21-9(2)12(19)16-11-6-4-10(15)5-7-11/h4-7,9H,3,8H2,1-2H3,(H,16,19)/t9-/m0/s1. The van der Waals surface area contributed by atoms with Crippen LogP contribution >= 0.6 is 34.9 Å². The number of anilines is 1. The Morgan fingerprint density at radius 2 is 2.00 bits per heavy atom. The average molecular weight is 358 g/mol. The Kier molecular flexibility index (Phi) is 6.66. The van der Waals surface area contributed by atoms with Crippen LogP contribution in [-0.4, -0.2) is 27.1 Å². The van der Waals surface area contributed by atoms with Gasteiger partial charge in [0.25, 0.3) is 0 Å². The van der Waals surface area contributed by atoms with Crippen molar-refractivity contribution in [2.24, 2.45) is 0 Å². The van der Waals surface area contributed by atoms with Gasteiger partial charge < -0.3 is 5.32 Å². The highest BCUT2D eigenvalue weighted by atomic mass is 32.2. The molecule has 8 heteroatoms. The van der Waals surface area contributed by atoms with E-state index in [1.54, 1.807) is 11.8 Å². The summed E-state index contributed by atoms with van der Waals surface area (Å²) in [4.78, 5) is 12.1. The summed E-state index contributed by atoms with van der Waals surface area (Å²) in [6.07, 6.45) is 1.09. The summed E-state index contributed by atoms with van der Waals surface area (Å²) in [6.45, 7) is 3.93. The molecule has 0 radical (unpaired) electrons. The van der Waals surface area contributed by atoms with Crippen molar-refractivity contribution in [3.05, 3.63) is 30.1 Å². The molecule has 1 aromatic heterocycles. The lowest BCUT2D eigenvalue weighted by atomic mass is 10.3. The first kappa shape index (κ1) is 17.2. The van der Waals surface area contributed by atoms with Gasteiger partial charge in [-0.1, -0.05) is 41.8 Å². The highest BCUT2D eigenvalue weighted by Gasteiger charge is 2.17. The third kappa shape index (κ3) is 5.26. The number of thioether (sulfide) groups is 2. The first-order chi connectivity index (χ1) is 10.6. The van der Waals surface area contributed by atoms with Crippen LogP contribution in [0.1, 0.15) is 20.3 Å². The zero-order chi connectivity index (χ0) is 15.9. The molecule has 0 aliphatic rings. The van der Waals surface area contributed by atoms with Gasteiger partial charge in [-0.2, -0.15) is 0 Å². The van der Waals surface area contributed by atoms with E-state index in [0.29, 0.717) is 5.69 Å². The van der Waals surface area contributed by atoms with Gasteiger partial charge in [0.05, 0.1) is 5.25 Å². The SMILES string of the molecule is CCCSc1nnc(S[C@@H](C)C(=O)Nc2ccc(F)cc2)s1. The third-order valence-electron chi connectivity index (χ3n) is 2.58. The molecular weight excluding hydrogens is 341 g/mol. The van der Waals surface area contributed by atoms with Gasteiger partial charge in [0.15, 0.2) is 8.68 Å². The smallest absolute Gasteiger partial charge is 0.237 e. The summed E-state index contributed by atoms with van der Waals surface area (Å²) in [7, 11) is 0. The average Bonchev–Trinajstić information content (AvgIpc) is 2.95. The topological polar surface area (TPSA) is 54.9 Å². The third-order valence-corrected chi connectivity index (χ3v) is 6.02. The molecule has 118 valence electrons. The van der Waals surface area contributed by atoms with Gasteiger partial charge in [0, 0.05) is 11.4 Å². The van der Waals surface area contributed by atoms with E-state index in [9.17, 15) is 9.18 Å². The molecule has 0 saturated carbocycles. The molecule has 2 aromatic rings. The van der Waals surface area contributed by atoms with Gasteiger partial charge in [-0.25, -0.2) is 4.39 Å². The fourth-order valence-corrected chi connectivity index (χ4v) is 4.56. The van der Waals surface area contributed by atoms with Crippen LogP contribution in [0.4, 0.5) is 10.1 Å². The van der Waals surface area contributed by atoms with E-state index in [2.05, 4.69) is 22.4 Å². The fourth-order valence-electron chi connectivity index (χ4n) is 1.47. The summed E-state index contributed by atoms with van der Waals surface area (Å²) in [5.41, 5.74) is 0.579. The van der Waals surface area contributed by atoms with Crippen LogP contribution in [-0.2, 0) is 4.79 Å². The highest BCUT2D eigenvalue weighted by molar-refractivity contribution is 8.03. The zero-order valence-corrected chi connectivity index (χ0v) is 14.7. The van der Waals surface area contributed by atoms with E-state index in [1.165, 1.54) is 47.4 Å². The molecule has 1 amide bonds. The zero-order valence-electron chi connectivity index (χ0n) is 12.2. The number of halogens is 1. The molecule has 1 N–H and O–H groups in total. The Morgan fingerprint density at radius 1 is 1.32 bits per heavy atom. The molecule has 0 spiro atoms. The van der Waals surface area contributed by atoms with E-state index in [0.717, 1.165) is 20.9 Å². The molecule has 0 aliphatic heterocycles. The molecular formula is C14H16FN3OS3. The molecule has 2 rings (SSSR count). The Labute approximate surface area is 141 Å². The second-order valence-electron chi connectivity index (χ2n) is 4.44. The van der Waals surface area contributed by atoms with Gasteiger partial charge in [0.2, 0.25) is 5.91 Å². The number of rotatable bonds is 7. The van der Waals surface area contributed by atoms with E-state index in [1.807, 2.05) is 6.92 Å². The minimum Gasteiger partial charge on any atom is -0.325 e. The molecule has 4 nitrogen and oxygen atoms in total. The molecule has 1 aromatic carbocycles. The summed E-state index contributed by atoms with van der Waals surface area (Å²) in [5, 5.41) is 10.6. The van der Waals surface area contributed by atoms with E-state index in [4.69, 9.17) is 0 Å². The van der Waals surface area contributed by atoms with Crippen LogP contribution in [0.25, 0.3) is 0 Å².